The second kappa shape index (κ2) is 10.5. The first-order valence-electron chi connectivity index (χ1n) is 8.62. The summed E-state index contributed by atoms with van der Waals surface area (Å²) in [6.07, 6.45) is 0. The molecule has 0 aliphatic heterocycles. The molecule has 0 radical (unpaired) electrons. The molecule has 0 fully saturated rings. The van der Waals surface area contributed by atoms with Crippen LogP contribution in [-0.2, 0) is 13.3 Å². The number of carbonyl (C=O) groups excluding carboxylic acids is 1. The molecule has 0 N–H and O–H groups in total. The Morgan fingerprint density at radius 1 is 0.929 bits per heavy atom. The number of Topliss-reactive ketones (excluding diaryl/α,β-unsaturated/α-hetero) is 1. The van der Waals surface area contributed by atoms with E-state index in [4.69, 9.17) is 5.10 Å². The second-order valence-electron chi connectivity index (χ2n) is 6.35. The maximum absolute atomic E-state index is 12.5. The Morgan fingerprint density at radius 3 is 2.14 bits per heavy atom. The summed E-state index contributed by atoms with van der Waals surface area (Å²) < 4.78 is 5.24. The summed E-state index contributed by atoms with van der Waals surface area (Å²) in [4.78, 5) is 12.5. The van der Waals surface area contributed by atoms with Gasteiger partial charge in [-0.2, -0.15) is 5.10 Å². The van der Waals surface area contributed by atoms with E-state index in [0.29, 0.717) is 10.1 Å². The van der Waals surface area contributed by atoms with Crippen LogP contribution < -0.4 is 0 Å². The van der Waals surface area contributed by atoms with Crippen molar-refractivity contribution in [2.24, 2.45) is 0 Å². The Kier molecular flexibility index (Phi) is 8.60. The highest BCUT2D eigenvalue weighted by atomic mass is 127. The molecule has 0 aliphatic rings. The Balaban J connectivity index is 2.26. The molecule has 1 aromatic heterocycles. The first-order valence-corrected chi connectivity index (χ1v) is 14.7. The van der Waals surface area contributed by atoms with Crippen LogP contribution in [0.25, 0.3) is 16.9 Å². The molecular weight excluding hydrogens is 804 g/mol. The molecule has 3 nitrogen and oxygen atoms in total. The summed E-state index contributed by atoms with van der Waals surface area (Å²) in [6, 6.07) is 15.1. The van der Waals surface area contributed by atoms with Crippen molar-refractivity contribution in [3.63, 3.8) is 0 Å². The van der Waals surface area contributed by atoms with E-state index in [-0.39, 0.29) is 5.78 Å². The van der Waals surface area contributed by atoms with Gasteiger partial charge in [0.15, 0.2) is 5.78 Å². The van der Waals surface area contributed by atoms with Crippen molar-refractivity contribution in [1.29, 1.82) is 0 Å². The van der Waals surface area contributed by atoms with E-state index >= 15 is 0 Å². The number of aromatic nitrogens is 2. The number of alkyl halides is 4. The molecule has 1 heterocycles. The van der Waals surface area contributed by atoms with Gasteiger partial charge in [-0.3, -0.25) is 4.79 Å². The van der Waals surface area contributed by atoms with Crippen molar-refractivity contribution in [1.82, 2.24) is 9.78 Å². The molecule has 0 atom stereocenters. The number of nitrogens with zero attached hydrogens (tertiary/aromatic N) is 2. The molecule has 0 aliphatic carbocycles. The molecule has 0 saturated carbocycles. The minimum atomic E-state index is 0.0712. The van der Waals surface area contributed by atoms with Gasteiger partial charge in [0.2, 0.25) is 0 Å². The van der Waals surface area contributed by atoms with E-state index in [2.05, 4.69) is 133 Å². The van der Waals surface area contributed by atoms with Crippen LogP contribution >= 0.6 is 90.4 Å². The maximum Gasteiger partial charge on any atom is 0.193 e. The topological polar surface area (TPSA) is 34.9 Å². The van der Waals surface area contributed by atoms with Gasteiger partial charge in [0.05, 0.1) is 15.8 Å². The van der Waals surface area contributed by atoms with Crippen molar-refractivity contribution in [2.75, 3.05) is 4.43 Å². The fraction of sp³-hybridized carbons (Fsp3) is 0.238. The number of rotatable bonds is 7. The number of hydrogen-bond acceptors (Lipinski definition) is 2. The Labute approximate surface area is 220 Å². The summed E-state index contributed by atoms with van der Waals surface area (Å²) in [7, 11) is 0. The Hall–Kier alpha value is 0.240. The van der Waals surface area contributed by atoms with Gasteiger partial charge in [0, 0.05) is 24.4 Å². The van der Waals surface area contributed by atoms with Crippen molar-refractivity contribution in [3.05, 3.63) is 70.4 Å². The lowest BCUT2D eigenvalue weighted by Gasteiger charge is -2.13. The average molecular weight is 822 g/mol. The zero-order chi connectivity index (χ0) is 20.3. The molecule has 0 saturated heterocycles. The first kappa shape index (κ1) is 22.9. The number of halogens is 4. The molecule has 28 heavy (non-hydrogen) atoms. The van der Waals surface area contributed by atoms with Gasteiger partial charge in [-0.05, 0) is 29.7 Å². The van der Waals surface area contributed by atoms with E-state index < -0.39 is 0 Å². The SMILES string of the molecule is Cc1c(C(=O)CI)nn(-c2ccc(CI)cc2CI)c1-c1ccc(CI)cc1. The summed E-state index contributed by atoms with van der Waals surface area (Å²) in [6.45, 7) is 2.01. The van der Waals surface area contributed by atoms with Crippen LogP contribution in [0.3, 0.4) is 0 Å². The van der Waals surface area contributed by atoms with Crippen LogP contribution in [0, 0.1) is 6.92 Å². The largest absolute Gasteiger partial charge is 0.291 e. The highest BCUT2D eigenvalue weighted by Crippen LogP contribution is 2.32. The monoisotopic (exact) mass is 822 g/mol. The number of carbonyl (C=O) groups is 1. The highest BCUT2D eigenvalue weighted by molar-refractivity contribution is 14.1. The van der Waals surface area contributed by atoms with Gasteiger partial charge in [-0.1, -0.05) is 127 Å². The van der Waals surface area contributed by atoms with Crippen LogP contribution in [0.4, 0.5) is 0 Å². The predicted molar refractivity (Wildman–Crippen MR) is 150 cm³/mol. The molecule has 7 heteroatoms. The second-order valence-corrected chi connectivity index (χ2v) is 9.40. The zero-order valence-corrected chi connectivity index (χ0v) is 23.8. The van der Waals surface area contributed by atoms with Crippen molar-refractivity contribution < 1.29 is 4.79 Å². The lowest BCUT2D eigenvalue weighted by molar-refractivity contribution is 0.102. The molecule has 3 aromatic rings. The third-order valence-electron chi connectivity index (χ3n) is 4.56. The minimum Gasteiger partial charge on any atom is -0.291 e. The lowest BCUT2D eigenvalue weighted by Crippen LogP contribution is -2.06. The molecular formula is C21H18I4N2O. The molecule has 2 aromatic carbocycles. The molecule has 3 rings (SSSR count). The maximum atomic E-state index is 12.5. The van der Waals surface area contributed by atoms with E-state index in [1.165, 1.54) is 16.7 Å². The van der Waals surface area contributed by atoms with Gasteiger partial charge in [-0.25, -0.2) is 4.68 Å². The Morgan fingerprint density at radius 2 is 1.57 bits per heavy atom. The number of ketones is 1. The summed E-state index contributed by atoms with van der Waals surface area (Å²) in [5.74, 6) is 0.0712. The van der Waals surface area contributed by atoms with Crippen LogP contribution in [0.2, 0.25) is 0 Å². The molecule has 0 spiro atoms. The van der Waals surface area contributed by atoms with Crippen LogP contribution in [0.5, 0.6) is 0 Å². The van der Waals surface area contributed by atoms with Gasteiger partial charge in [-0.15, -0.1) is 0 Å². The molecule has 0 amide bonds. The first-order chi connectivity index (χ1) is 13.5. The van der Waals surface area contributed by atoms with E-state index in [1.807, 2.05) is 11.6 Å². The third kappa shape index (κ3) is 4.76. The molecule has 0 bridgehead atoms. The smallest absolute Gasteiger partial charge is 0.193 e. The zero-order valence-electron chi connectivity index (χ0n) is 15.2. The number of hydrogen-bond donors (Lipinski definition) is 0. The average Bonchev–Trinajstić information content (AvgIpc) is 3.09. The minimum absolute atomic E-state index is 0.0712. The van der Waals surface area contributed by atoms with Gasteiger partial charge in [0.25, 0.3) is 0 Å². The van der Waals surface area contributed by atoms with Crippen molar-refractivity contribution in [2.45, 2.75) is 20.2 Å². The van der Waals surface area contributed by atoms with Crippen molar-refractivity contribution >= 4 is 96.1 Å². The van der Waals surface area contributed by atoms with Crippen LogP contribution in [0.1, 0.15) is 32.7 Å². The molecule has 146 valence electrons. The Bertz CT molecular complexity index is 996. The summed E-state index contributed by atoms with van der Waals surface area (Å²) in [5, 5.41) is 4.79. The standard InChI is InChI=1S/C21H18I4N2O/c1-13-20(19(28)12-25)26-27(18-7-4-15(10-23)8-17(18)11-24)21(13)16-5-2-14(9-22)3-6-16/h2-8H,9-12H2,1H3. The van der Waals surface area contributed by atoms with E-state index in [1.54, 1.807) is 0 Å². The lowest BCUT2D eigenvalue weighted by atomic mass is 10.0. The fourth-order valence-electron chi connectivity index (χ4n) is 3.12. The quantitative estimate of drug-likeness (QED) is 0.143. The third-order valence-corrected chi connectivity index (χ3v) is 7.84. The van der Waals surface area contributed by atoms with Gasteiger partial charge < -0.3 is 0 Å². The van der Waals surface area contributed by atoms with E-state index in [0.717, 1.165) is 35.8 Å². The summed E-state index contributed by atoms with van der Waals surface area (Å²) in [5.41, 5.74) is 8.47. The fourth-order valence-corrected chi connectivity index (χ4v) is 5.08. The predicted octanol–water partition coefficient (Wildman–Crippen LogP) is 7.27. The number of benzene rings is 2. The van der Waals surface area contributed by atoms with Gasteiger partial charge >= 0.3 is 0 Å². The van der Waals surface area contributed by atoms with Crippen molar-refractivity contribution in [3.8, 4) is 16.9 Å². The van der Waals surface area contributed by atoms with Gasteiger partial charge in [0.1, 0.15) is 5.69 Å². The highest BCUT2D eigenvalue weighted by Gasteiger charge is 2.22. The summed E-state index contributed by atoms with van der Waals surface area (Å²) >= 11 is 9.27. The van der Waals surface area contributed by atoms with Crippen LogP contribution in [-0.4, -0.2) is 20.0 Å². The van der Waals surface area contributed by atoms with Crippen LogP contribution in [0.15, 0.2) is 42.5 Å². The normalized spacial score (nSPS) is 11.0. The van der Waals surface area contributed by atoms with E-state index in [9.17, 15) is 4.79 Å². The molecule has 0 unspecified atom stereocenters.